The summed E-state index contributed by atoms with van der Waals surface area (Å²) in [7, 11) is 5.28. The van der Waals surface area contributed by atoms with E-state index in [1.807, 2.05) is 43.6 Å². The Morgan fingerprint density at radius 3 is 2.55 bits per heavy atom. The van der Waals surface area contributed by atoms with Crippen LogP contribution in [0.4, 0.5) is 5.69 Å². The summed E-state index contributed by atoms with van der Waals surface area (Å²) in [6, 6.07) is 13.9. The van der Waals surface area contributed by atoms with Gasteiger partial charge in [0.25, 0.3) is 0 Å². The molecule has 0 saturated heterocycles. The second-order valence-electron chi connectivity index (χ2n) is 5.01. The van der Waals surface area contributed by atoms with Gasteiger partial charge in [0.1, 0.15) is 0 Å². The van der Waals surface area contributed by atoms with Crippen molar-refractivity contribution in [1.29, 1.82) is 0 Å². The lowest BCUT2D eigenvalue weighted by atomic mass is 10.2. The standard InChI is InChI=1S/C18H18N2O2/c1-20-12-13(15-6-4-5-7-16(15)20)11-19-14-8-9-17(21-2)18(10-14)22-3/h4-12H,1-3H3. The minimum Gasteiger partial charge on any atom is -0.493 e. The lowest BCUT2D eigenvalue weighted by Crippen LogP contribution is -1.89. The summed E-state index contributed by atoms with van der Waals surface area (Å²) in [5.41, 5.74) is 3.11. The maximum atomic E-state index is 5.30. The monoisotopic (exact) mass is 294 g/mol. The molecule has 0 N–H and O–H groups in total. The molecule has 1 aromatic heterocycles. The quantitative estimate of drug-likeness (QED) is 0.683. The van der Waals surface area contributed by atoms with Crippen LogP contribution >= 0.6 is 0 Å². The van der Waals surface area contributed by atoms with Crippen LogP contribution in [0.2, 0.25) is 0 Å². The minimum atomic E-state index is 0.676. The molecule has 4 nitrogen and oxygen atoms in total. The molecule has 4 heteroatoms. The van der Waals surface area contributed by atoms with Gasteiger partial charge in [0.15, 0.2) is 11.5 Å². The van der Waals surface area contributed by atoms with E-state index in [2.05, 4.69) is 27.9 Å². The number of benzene rings is 2. The molecule has 0 aliphatic heterocycles. The Hall–Kier alpha value is -2.75. The Balaban J connectivity index is 1.96. The number of aliphatic imine (C=N–C) groups is 1. The fourth-order valence-corrected chi connectivity index (χ4v) is 2.53. The Labute approximate surface area is 129 Å². The number of fused-ring (bicyclic) bond motifs is 1. The molecular weight excluding hydrogens is 276 g/mol. The molecular formula is C18H18N2O2. The number of aryl methyl sites for hydroxylation is 1. The van der Waals surface area contributed by atoms with Crippen LogP contribution in [0.3, 0.4) is 0 Å². The van der Waals surface area contributed by atoms with E-state index >= 15 is 0 Å². The highest BCUT2D eigenvalue weighted by Crippen LogP contribution is 2.31. The zero-order valence-electron chi connectivity index (χ0n) is 12.9. The van der Waals surface area contributed by atoms with Crippen molar-refractivity contribution < 1.29 is 9.47 Å². The van der Waals surface area contributed by atoms with Gasteiger partial charge >= 0.3 is 0 Å². The van der Waals surface area contributed by atoms with Crippen LogP contribution < -0.4 is 9.47 Å². The van der Waals surface area contributed by atoms with E-state index in [0.29, 0.717) is 11.5 Å². The van der Waals surface area contributed by atoms with Gasteiger partial charge < -0.3 is 14.0 Å². The van der Waals surface area contributed by atoms with Gasteiger partial charge in [-0.1, -0.05) is 18.2 Å². The molecule has 0 fully saturated rings. The van der Waals surface area contributed by atoms with Crippen LogP contribution in [-0.2, 0) is 7.05 Å². The lowest BCUT2D eigenvalue weighted by Gasteiger charge is -2.07. The molecule has 3 rings (SSSR count). The molecule has 0 aliphatic carbocycles. The van der Waals surface area contributed by atoms with Gasteiger partial charge in [0.05, 0.1) is 19.9 Å². The third-order valence-corrected chi connectivity index (χ3v) is 3.65. The highest BCUT2D eigenvalue weighted by molar-refractivity contribution is 6.00. The number of aromatic nitrogens is 1. The normalized spacial score (nSPS) is 11.2. The van der Waals surface area contributed by atoms with Crippen molar-refractivity contribution >= 4 is 22.8 Å². The summed E-state index contributed by atoms with van der Waals surface area (Å²) in [5.74, 6) is 1.38. The Bertz CT molecular complexity index is 834. The first-order chi connectivity index (χ1) is 10.7. The predicted molar refractivity (Wildman–Crippen MR) is 89.7 cm³/mol. The maximum Gasteiger partial charge on any atom is 0.162 e. The van der Waals surface area contributed by atoms with Crippen molar-refractivity contribution in [2.24, 2.45) is 12.0 Å². The van der Waals surface area contributed by atoms with Crippen LogP contribution in [0.25, 0.3) is 10.9 Å². The lowest BCUT2D eigenvalue weighted by molar-refractivity contribution is 0.355. The fourth-order valence-electron chi connectivity index (χ4n) is 2.53. The van der Waals surface area contributed by atoms with Gasteiger partial charge in [-0.05, 0) is 18.2 Å². The second-order valence-corrected chi connectivity index (χ2v) is 5.01. The van der Waals surface area contributed by atoms with Crippen molar-refractivity contribution in [3.8, 4) is 11.5 Å². The van der Waals surface area contributed by atoms with E-state index in [4.69, 9.17) is 9.47 Å². The number of hydrogen-bond donors (Lipinski definition) is 0. The number of nitrogens with zero attached hydrogens (tertiary/aromatic N) is 2. The average Bonchev–Trinajstić information content (AvgIpc) is 2.89. The smallest absolute Gasteiger partial charge is 0.162 e. The topological polar surface area (TPSA) is 35.8 Å². The van der Waals surface area contributed by atoms with Gasteiger partial charge in [-0.3, -0.25) is 4.99 Å². The van der Waals surface area contributed by atoms with Crippen LogP contribution in [-0.4, -0.2) is 25.0 Å². The molecule has 1 heterocycles. The van der Waals surface area contributed by atoms with Crippen LogP contribution in [0, 0.1) is 0 Å². The molecule has 0 bridgehead atoms. The third-order valence-electron chi connectivity index (χ3n) is 3.65. The summed E-state index contributed by atoms with van der Waals surface area (Å²) in [4.78, 5) is 4.55. The molecule has 112 valence electrons. The third kappa shape index (κ3) is 2.55. The van der Waals surface area contributed by atoms with Gasteiger partial charge in [-0.25, -0.2) is 0 Å². The predicted octanol–water partition coefficient (Wildman–Crippen LogP) is 3.95. The first-order valence-corrected chi connectivity index (χ1v) is 7.03. The molecule has 0 radical (unpaired) electrons. The van der Waals surface area contributed by atoms with Crippen molar-refractivity contribution in [1.82, 2.24) is 4.57 Å². The zero-order valence-corrected chi connectivity index (χ0v) is 12.9. The highest BCUT2D eigenvalue weighted by Gasteiger charge is 2.05. The van der Waals surface area contributed by atoms with Crippen LogP contribution in [0.5, 0.6) is 11.5 Å². The summed E-state index contributed by atoms with van der Waals surface area (Å²) < 4.78 is 12.6. The molecule has 3 aromatic rings. The summed E-state index contributed by atoms with van der Waals surface area (Å²) >= 11 is 0. The molecule has 0 saturated carbocycles. The Morgan fingerprint density at radius 2 is 1.77 bits per heavy atom. The van der Waals surface area contributed by atoms with Crippen molar-refractivity contribution in [2.45, 2.75) is 0 Å². The maximum absolute atomic E-state index is 5.30. The molecule has 2 aromatic carbocycles. The molecule has 0 aliphatic rings. The molecule has 22 heavy (non-hydrogen) atoms. The molecule has 0 unspecified atom stereocenters. The van der Waals surface area contributed by atoms with E-state index in [-0.39, 0.29) is 0 Å². The van der Waals surface area contributed by atoms with Gasteiger partial charge in [-0.2, -0.15) is 0 Å². The van der Waals surface area contributed by atoms with E-state index in [9.17, 15) is 0 Å². The fraction of sp³-hybridized carbons (Fsp3) is 0.167. The summed E-state index contributed by atoms with van der Waals surface area (Å²) in [5, 5.41) is 1.19. The Kier molecular flexibility index (Phi) is 3.83. The van der Waals surface area contributed by atoms with Gasteiger partial charge in [-0.15, -0.1) is 0 Å². The summed E-state index contributed by atoms with van der Waals surface area (Å²) in [6.45, 7) is 0. The van der Waals surface area contributed by atoms with E-state index in [1.165, 1.54) is 10.9 Å². The highest BCUT2D eigenvalue weighted by atomic mass is 16.5. The van der Waals surface area contributed by atoms with E-state index in [0.717, 1.165) is 11.3 Å². The number of hydrogen-bond acceptors (Lipinski definition) is 3. The first kappa shape index (κ1) is 14.2. The van der Waals surface area contributed by atoms with Crippen LogP contribution in [0.1, 0.15) is 5.56 Å². The number of rotatable bonds is 4. The van der Waals surface area contributed by atoms with Gasteiger partial charge in [0, 0.05) is 42.0 Å². The zero-order chi connectivity index (χ0) is 15.5. The SMILES string of the molecule is COc1ccc(N=Cc2cn(C)c3ccccc23)cc1OC. The molecule has 0 atom stereocenters. The first-order valence-electron chi connectivity index (χ1n) is 7.03. The van der Waals surface area contributed by atoms with Crippen LogP contribution in [0.15, 0.2) is 53.7 Å². The van der Waals surface area contributed by atoms with Crippen molar-refractivity contribution in [3.63, 3.8) is 0 Å². The molecule has 0 spiro atoms. The van der Waals surface area contributed by atoms with E-state index in [1.54, 1.807) is 14.2 Å². The number of ether oxygens (including phenoxy) is 2. The largest absolute Gasteiger partial charge is 0.493 e. The molecule has 0 amide bonds. The number of methoxy groups -OCH3 is 2. The second kappa shape index (κ2) is 5.93. The Morgan fingerprint density at radius 1 is 1.00 bits per heavy atom. The average molecular weight is 294 g/mol. The summed E-state index contributed by atoms with van der Waals surface area (Å²) in [6.07, 6.45) is 3.96. The minimum absolute atomic E-state index is 0.676. The van der Waals surface area contributed by atoms with Crippen molar-refractivity contribution in [3.05, 3.63) is 54.2 Å². The van der Waals surface area contributed by atoms with Gasteiger partial charge in [0.2, 0.25) is 0 Å². The number of para-hydroxylation sites is 1. The van der Waals surface area contributed by atoms with Crippen molar-refractivity contribution in [2.75, 3.05) is 14.2 Å². The van der Waals surface area contributed by atoms with E-state index < -0.39 is 0 Å².